The van der Waals surface area contributed by atoms with Crippen LogP contribution >= 0.6 is 0 Å². The Hall–Kier alpha value is -0.790. The summed E-state index contributed by atoms with van der Waals surface area (Å²) in [5.74, 6) is -0.935. The third kappa shape index (κ3) is 26.1. The van der Waals surface area contributed by atoms with Crippen LogP contribution in [0.1, 0.15) is 124 Å². The number of carboxylic acids is 1. The van der Waals surface area contributed by atoms with Crippen LogP contribution in [-0.4, -0.2) is 11.1 Å². The predicted octanol–water partition coefficient (Wildman–Crippen LogP) is 7.91. The molecule has 1 N–H and O–H groups in total. The second-order valence-corrected chi connectivity index (χ2v) is 7.04. The quantitative estimate of drug-likeness (QED) is 0.229. The maximum absolute atomic E-state index is 9.60. The summed E-state index contributed by atoms with van der Waals surface area (Å²) in [5.41, 5.74) is 0.176. The van der Waals surface area contributed by atoms with Crippen LogP contribution in [0.2, 0.25) is 0 Å². The molecule has 0 saturated carbocycles. The van der Waals surface area contributed by atoms with Crippen molar-refractivity contribution in [1.82, 2.24) is 0 Å². The van der Waals surface area contributed by atoms with E-state index in [0.717, 1.165) is 0 Å². The smallest absolute Gasteiger partial charge is 0.330 e. The minimum atomic E-state index is -0.935. The van der Waals surface area contributed by atoms with E-state index in [1.165, 1.54) is 110 Å². The minimum Gasteiger partial charge on any atom is -0.478 e. The molecule has 0 bridgehead atoms. The zero-order chi connectivity index (χ0) is 18.5. The van der Waals surface area contributed by atoms with Gasteiger partial charge in [0.15, 0.2) is 0 Å². The number of carbonyl (C=O) groups is 1. The van der Waals surface area contributed by atoms with E-state index in [9.17, 15) is 4.79 Å². The fourth-order valence-electron chi connectivity index (χ4n) is 2.62. The van der Waals surface area contributed by atoms with Crippen LogP contribution < -0.4 is 0 Å². The molecule has 2 heteroatoms. The summed E-state index contributed by atoms with van der Waals surface area (Å²) in [4.78, 5) is 9.60. The summed E-state index contributed by atoms with van der Waals surface area (Å²) >= 11 is 0. The van der Waals surface area contributed by atoms with Crippen molar-refractivity contribution in [2.75, 3.05) is 0 Å². The molecule has 24 heavy (non-hydrogen) atoms. The van der Waals surface area contributed by atoms with E-state index in [1.54, 1.807) is 0 Å². The molecule has 0 aromatic heterocycles. The standard InChI is InChI=1S/C18H38.C4H6O2/c1-3-5-7-9-11-13-15-17-18-16-14-12-10-8-6-4-2;1-3(2)4(5)6/h3-18H2,1-2H3;1H2,2H3,(H,5,6). The fraction of sp³-hybridized carbons (Fsp3) is 0.864. The van der Waals surface area contributed by atoms with Crippen LogP contribution in [0.15, 0.2) is 12.2 Å². The molecular formula is C22H44O2. The van der Waals surface area contributed by atoms with Crippen molar-refractivity contribution >= 4 is 5.97 Å². The molecule has 0 aliphatic heterocycles. The lowest BCUT2D eigenvalue weighted by Gasteiger charge is -2.03. The van der Waals surface area contributed by atoms with E-state index in [4.69, 9.17) is 5.11 Å². The molecule has 144 valence electrons. The average molecular weight is 341 g/mol. The van der Waals surface area contributed by atoms with Crippen molar-refractivity contribution in [1.29, 1.82) is 0 Å². The van der Waals surface area contributed by atoms with Gasteiger partial charge in [-0.1, -0.05) is 123 Å². The Morgan fingerprint density at radius 3 is 0.917 bits per heavy atom. The van der Waals surface area contributed by atoms with Gasteiger partial charge in [0.05, 0.1) is 0 Å². The summed E-state index contributed by atoms with van der Waals surface area (Å²) in [6.45, 7) is 9.19. The van der Waals surface area contributed by atoms with Gasteiger partial charge in [-0.2, -0.15) is 0 Å². The van der Waals surface area contributed by atoms with E-state index in [1.807, 2.05) is 0 Å². The molecule has 2 nitrogen and oxygen atoms in total. The second-order valence-electron chi connectivity index (χ2n) is 7.04. The Bertz CT molecular complexity index is 243. The number of aliphatic carboxylic acids is 1. The topological polar surface area (TPSA) is 37.3 Å². The SMILES string of the molecule is C=C(C)C(=O)O.CCCCCCCCCCCCCCCCCC. The number of rotatable bonds is 16. The molecule has 0 rings (SSSR count). The van der Waals surface area contributed by atoms with Gasteiger partial charge >= 0.3 is 5.97 Å². The molecule has 0 saturated heterocycles. The monoisotopic (exact) mass is 340 g/mol. The first-order valence-electron chi connectivity index (χ1n) is 10.4. The summed E-state index contributed by atoms with van der Waals surface area (Å²) in [5, 5.41) is 7.89. The van der Waals surface area contributed by atoms with Crippen LogP contribution in [-0.2, 0) is 4.79 Å². The van der Waals surface area contributed by atoms with Gasteiger partial charge in [0.2, 0.25) is 0 Å². The lowest BCUT2D eigenvalue weighted by atomic mass is 10.0. The van der Waals surface area contributed by atoms with Crippen LogP contribution in [0.4, 0.5) is 0 Å². The van der Waals surface area contributed by atoms with Crippen molar-refractivity contribution in [2.45, 2.75) is 124 Å². The zero-order valence-corrected chi connectivity index (χ0v) is 16.9. The van der Waals surface area contributed by atoms with Gasteiger partial charge in [-0.3, -0.25) is 0 Å². The van der Waals surface area contributed by atoms with Gasteiger partial charge in [0.1, 0.15) is 0 Å². The summed E-state index contributed by atoms with van der Waals surface area (Å²) in [6, 6.07) is 0. The third-order valence-corrected chi connectivity index (χ3v) is 4.32. The largest absolute Gasteiger partial charge is 0.478 e. The molecule has 0 aromatic carbocycles. The molecule has 0 radical (unpaired) electrons. The number of hydrogen-bond donors (Lipinski definition) is 1. The molecule has 0 amide bonds. The van der Waals surface area contributed by atoms with Crippen molar-refractivity contribution in [3.63, 3.8) is 0 Å². The van der Waals surface area contributed by atoms with Crippen molar-refractivity contribution in [2.24, 2.45) is 0 Å². The predicted molar refractivity (Wildman–Crippen MR) is 108 cm³/mol. The van der Waals surface area contributed by atoms with Gasteiger partial charge in [0, 0.05) is 5.57 Å². The molecule has 0 atom stereocenters. The molecule has 0 unspecified atom stereocenters. The Balaban J connectivity index is 0. The van der Waals surface area contributed by atoms with Gasteiger partial charge < -0.3 is 5.11 Å². The molecular weight excluding hydrogens is 296 g/mol. The van der Waals surface area contributed by atoms with Crippen LogP contribution in [0.5, 0.6) is 0 Å². The maximum atomic E-state index is 9.60. The first-order chi connectivity index (χ1) is 11.6. The Morgan fingerprint density at radius 1 is 0.625 bits per heavy atom. The second kappa shape index (κ2) is 22.2. The molecule has 0 spiro atoms. The normalized spacial score (nSPS) is 10.1. The Labute approximate surface area is 152 Å². The van der Waals surface area contributed by atoms with Crippen LogP contribution in [0, 0.1) is 0 Å². The first kappa shape index (κ1) is 25.5. The van der Waals surface area contributed by atoms with E-state index < -0.39 is 5.97 Å². The van der Waals surface area contributed by atoms with Crippen molar-refractivity contribution < 1.29 is 9.90 Å². The Kier molecular flexibility index (Phi) is 23.6. The highest BCUT2D eigenvalue weighted by Crippen LogP contribution is 2.13. The van der Waals surface area contributed by atoms with Gasteiger partial charge in [-0.15, -0.1) is 0 Å². The van der Waals surface area contributed by atoms with Crippen LogP contribution in [0.3, 0.4) is 0 Å². The highest BCUT2D eigenvalue weighted by molar-refractivity contribution is 5.84. The van der Waals surface area contributed by atoms with Gasteiger partial charge in [-0.25, -0.2) is 4.79 Å². The van der Waals surface area contributed by atoms with Gasteiger partial charge in [-0.05, 0) is 6.92 Å². The number of hydrogen-bond acceptors (Lipinski definition) is 1. The molecule has 0 aliphatic rings. The van der Waals surface area contributed by atoms with E-state index >= 15 is 0 Å². The number of unbranched alkanes of at least 4 members (excludes halogenated alkanes) is 15. The van der Waals surface area contributed by atoms with E-state index in [-0.39, 0.29) is 5.57 Å². The van der Waals surface area contributed by atoms with Crippen molar-refractivity contribution in [3.05, 3.63) is 12.2 Å². The fourth-order valence-corrected chi connectivity index (χ4v) is 2.62. The van der Waals surface area contributed by atoms with Crippen LogP contribution in [0.25, 0.3) is 0 Å². The van der Waals surface area contributed by atoms with E-state index in [0.29, 0.717) is 0 Å². The summed E-state index contributed by atoms with van der Waals surface area (Å²) < 4.78 is 0. The third-order valence-electron chi connectivity index (χ3n) is 4.32. The summed E-state index contributed by atoms with van der Waals surface area (Å²) in [7, 11) is 0. The molecule has 0 aliphatic carbocycles. The lowest BCUT2D eigenvalue weighted by Crippen LogP contribution is -1.92. The summed E-state index contributed by atoms with van der Waals surface area (Å²) in [6.07, 6.45) is 23.4. The highest BCUT2D eigenvalue weighted by Gasteiger charge is 1.93. The average Bonchev–Trinajstić information content (AvgIpc) is 2.55. The molecule has 0 aromatic rings. The zero-order valence-electron chi connectivity index (χ0n) is 16.9. The molecule has 0 fully saturated rings. The Morgan fingerprint density at radius 2 is 0.792 bits per heavy atom. The molecule has 0 heterocycles. The van der Waals surface area contributed by atoms with Gasteiger partial charge in [0.25, 0.3) is 0 Å². The number of carboxylic acid groups (broad SMARTS) is 1. The van der Waals surface area contributed by atoms with Crippen molar-refractivity contribution in [3.8, 4) is 0 Å². The maximum Gasteiger partial charge on any atom is 0.330 e. The lowest BCUT2D eigenvalue weighted by molar-refractivity contribution is -0.132. The van der Waals surface area contributed by atoms with E-state index in [2.05, 4.69) is 20.4 Å². The minimum absolute atomic E-state index is 0.176. The first-order valence-corrected chi connectivity index (χ1v) is 10.4. The highest BCUT2D eigenvalue weighted by atomic mass is 16.4.